The molecule has 1 aliphatic rings. The van der Waals surface area contributed by atoms with E-state index in [1.807, 2.05) is 49.1 Å². The first-order chi connectivity index (χ1) is 10.6. The van der Waals surface area contributed by atoms with Crippen LogP contribution in [-0.4, -0.2) is 23.2 Å². The maximum absolute atomic E-state index is 12.7. The summed E-state index contributed by atoms with van der Waals surface area (Å²) in [5.41, 5.74) is 1.48. The van der Waals surface area contributed by atoms with E-state index in [0.29, 0.717) is 0 Å². The fourth-order valence-corrected chi connectivity index (χ4v) is 3.06. The minimum Gasteiger partial charge on any atom is -0.497 e. The number of β-lactam (4-membered cyclic amide) rings is 1. The molecular weight excluding hydrogens is 278 g/mol. The molecule has 0 aliphatic carbocycles. The lowest BCUT2D eigenvalue weighted by Gasteiger charge is -2.54. The van der Waals surface area contributed by atoms with Crippen LogP contribution < -0.4 is 9.64 Å². The van der Waals surface area contributed by atoms with E-state index < -0.39 is 5.41 Å². The zero-order chi connectivity index (χ0) is 15.7. The average molecular weight is 297 g/mol. The number of nitrogens with zero attached hydrogens (tertiary/aromatic N) is 3. The Bertz CT molecular complexity index is 672. The quantitative estimate of drug-likeness (QED) is 0.814. The summed E-state index contributed by atoms with van der Waals surface area (Å²) < 4.78 is 5.18. The van der Waals surface area contributed by atoms with Crippen LogP contribution in [0.15, 0.2) is 42.7 Å². The molecule has 1 saturated heterocycles. The van der Waals surface area contributed by atoms with Gasteiger partial charge < -0.3 is 9.64 Å². The van der Waals surface area contributed by atoms with Crippen LogP contribution in [0.5, 0.6) is 5.75 Å². The number of rotatable bonds is 4. The highest BCUT2D eigenvalue weighted by Gasteiger charge is 2.57. The van der Waals surface area contributed by atoms with E-state index in [4.69, 9.17) is 4.74 Å². The number of amides is 1. The van der Waals surface area contributed by atoms with Gasteiger partial charge in [0.05, 0.1) is 24.8 Å². The zero-order valence-corrected chi connectivity index (χ0v) is 13.0. The molecule has 5 heteroatoms. The fourth-order valence-electron chi connectivity index (χ4n) is 3.06. The van der Waals surface area contributed by atoms with E-state index >= 15 is 0 Å². The fraction of sp³-hybridized carbons (Fsp3) is 0.353. The summed E-state index contributed by atoms with van der Waals surface area (Å²) in [6.45, 7) is 4.06. The van der Waals surface area contributed by atoms with Crippen molar-refractivity contribution in [2.75, 3.05) is 12.0 Å². The molecule has 2 atom stereocenters. The summed E-state index contributed by atoms with van der Waals surface area (Å²) in [4.78, 5) is 14.5. The molecule has 0 spiro atoms. The normalized spacial score (nSPS) is 24.0. The van der Waals surface area contributed by atoms with E-state index in [2.05, 4.69) is 10.2 Å². The summed E-state index contributed by atoms with van der Waals surface area (Å²) in [7, 11) is 1.63. The minimum atomic E-state index is -0.400. The molecular formula is C17H19N3O2. The van der Waals surface area contributed by atoms with Gasteiger partial charge in [-0.15, -0.1) is 0 Å². The molecule has 0 bridgehead atoms. The van der Waals surface area contributed by atoms with Crippen LogP contribution in [-0.2, 0) is 4.79 Å². The van der Waals surface area contributed by atoms with Crippen molar-refractivity contribution in [3.8, 4) is 5.75 Å². The molecule has 2 aromatic rings. The zero-order valence-electron chi connectivity index (χ0n) is 13.0. The number of hydrogen-bond donors (Lipinski definition) is 0. The standard InChI is InChI=1S/C17H19N3O2/c1-4-17(2)15(12-9-10-18-19-11-12)20(16(17)21)13-5-7-14(22-3)8-6-13/h5-11,15H,4H2,1-3H3. The van der Waals surface area contributed by atoms with Crippen molar-refractivity contribution >= 4 is 11.6 Å². The number of ether oxygens (including phenoxy) is 1. The second kappa shape index (κ2) is 5.40. The van der Waals surface area contributed by atoms with Gasteiger partial charge in [0.2, 0.25) is 5.91 Å². The Morgan fingerprint density at radius 3 is 2.50 bits per heavy atom. The van der Waals surface area contributed by atoms with Gasteiger partial charge in [-0.3, -0.25) is 4.79 Å². The van der Waals surface area contributed by atoms with Crippen LogP contribution in [0.25, 0.3) is 0 Å². The van der Waals surface area contributed by atoms with Crippen LogP contribution in [0.2, 0.25) is 0 Å². The van der Waals surface area contributed by atoms with Crippen molar-refractivity contribution < 1.29 is 9.53 Å². The molecule has 0 N–H and O–H groups in total. The van der Waals surface area contributed by atoms with Crippen molar-refractivity contribution in [3.05, 3.63) is 48.3 Å². The molecule has 114 valence electrons. The largest absolute Gasteiger partial charge is 0.497 e. The Labute approximate surface area is 129 Å². The van der Waals surface area contributed by atoms with Crippen LogP contribution in [0.4, 0.5) is 5.69 Å². The molecule has 1 aliphatic heterocycles. The number of hydrogen-bond acceptors (Lipinski definition) is 4. The highest BCUT2D eigenvalue weighted by atomic mass is 16.5. The first kappa shape index (κ1) is 14.5. The molecule has 1 fully saturated rings. The molecule has 1 aromatic heterocycles. The monoisotopic (exact) mass is 297 g/mol. The van der Waals surface area contributed by atoms with Gasteiger partial charge >= 0.3 is 0 Å². The van der Waals surface area contributed by atoms with Crippen molar-refractivity contribution in [2.24, 2.45) is 5.41 Å². The first-order valence-electron chi connectivity index (χ1n) is 7.36. The second-order valence-corrected chi connectivity index (χ2v) is 5.72. The average Bonchev–Trinajstić information content (AvgIpc) is 2.59. The Hall–Kier alpha value is -2.43. The first-order valence-corrected chi connectivity index (χ1v) is 7.36. The third-order valence-electron chi connectivity index (χ3n) is 4.58. The maximum atomic E-state index is 12.7. The molecule has 0 radical (unpaired) electrons. The number of aromatic nitrogens is 2. The minimum absolute atomic E-state index is 0.0195. The summed E-state index contributed by atoms with van der Waals surface area (Å²) in [5.74, 6) is 0.916. The van der Waals surface area contributed by atoms with Crippen LogP contribution in [0.1, 0.15) is 31.9 Å². The van der Waals surface area contributed by atoms with E-state index in [0.717, 1.165) is 23.4 Å². The van der Waals surface area contributed by atoms with Crippen molar-refractivity contribution in [1.29, 1.82) is 0 Å². The third-order valence-corrected chi connectivity index (χ3v) is 4.58. The second-order valence-electron chi connectivity index (χ2n) is 5.72. The van der Waals surface area contributed by atoms with Crippen LogP contribution in [0, 0.1) is 5.41 Å². The Balaban J connectivity index is 2.00. The van der Waals surface area contributed by atoms with Crippen LogP contribution in [0.3, 0.4) is 0 Å². The number of methoxy groups -OCH3 is 1. The molecule has 3 rings (SSSR count). The molecule has 5 nitrogen and oxygen atoms in total. The van der Waals surface area contributed by atoms with Crippen molar-refractivity contribution in [1.82, 2.24) is 10.2 Å². The highest BCUT2D eigenvalue weighted by molar-refractivity contribution is 6.06. The van der Waals surface area contributed by atoms with Gasteiger partial charge in [0.15, 0.2) is 0 Å². The van der Waals surface area contributed by atoms with Gasteiger partial charge in [-0.1, -0.05) is 6.92 Å². The Kier molecular flexibility index (Phi) is 3.56. The van der Waals surface area contributed by atoms with Gasteiger partial charge in [0, 0.05) is 11.9 Å². The van der Waals surface area contributed by atoms with E-state index in [9.17, 15) is 4.79 Å². The lowest BCUT2D eigenvalue weighted by molar-refractivity contribution is -0.139. The topological polar surface area (TPSA) is 55.3 Å². The predicted molar refractivity (Wildman–Crippen MR) is 83.7 cm³/mol. The van der Waals surface area contributed by atoms with E-state index in [1.165, 1.54) is 0 Å². The van der Waals surface area contributed by atoms with E-state index in [1.54, 1.807) is 19.5 Å². The summed E-state index contributed by atoms with van der Waals surface area (Å²) in [6.07, 6.45) is 4.19. The van der Waals surface area contributed by atoms with Crippen LogP contribution >= 0.6 is 0 Å². The smallest absolute Gasteiger partial charge is 0.235 e. The Morgan fingerprint density at radius 2 is 1.95 bits per heavy atom. The lowest BCUT2D eigenvalue weighted by atomic mass is 9.67. The summed E-state index contributed by atoms with van der Waals surface area (Å²) >= 11 is 0. The molecule has 1 amide bonds. The van der Waals surface area contributed by atoms with Gasteiger partial charge in [0.1, 0.15) is 5.75 Å². The highest BCUT2D eigenvalue weighted by Crippen LogP contribution is 2.53. The number of benzene rings is 1. The number of carbonyl (C=O) groups is 1. The molecule has 2 heterocycles. The van der Waals surface area contributed by atoms with Crippen molar-refractivity contribution in [3.63, 3.8) is 0 Å². The number of anilines is 1. The van der Waals surface area contributed by atoms with Gasteiger partial charge in [-0.05, 0) is 49.2 Å². The van der Waals surface area contributed by atoms with Gasteiger partial charge in [0.25, 0.3) is 0 Å². The Morgan fingerprint density at radius 1 is 1.23 bits per heavy atom. The number of carbonyl (C=O) groups excluding carboxylic acids is 1. The van der Waals surface area contributed by atoms with Crippen molar-refractivity contribution in [2.45, 2.75) is 26.3 Å². The molecule has 0 saturated carbocycles. The summed E-state index contributed by atoms with van der Waals surface area (Å²) in [5, 5.41) is 7.79. The SMILES string of the molecule is CCC1(C)C(=O)N(c2ccc(OC)cc2)C1c1ccnnc1. The summed E-state index contributed by atoms with van der Waals surface area (Å²) in [6, 6.07) is 9.46. The molecule has 2 unspecified atom stereocenters. The lowest BCUT2D eigenvalue weighted by Crippen LogP contribution is -2.62. The predicted octanol–water partition coefficient (Wildman–Crippen LogP) is 2.99. The van der Waals surface area contributed by atoms with Gasteiger partial charge in [-0.2, -0.15) is 10.2 Å². The molecule has 1 aromatic carbocycles. The third kappa shape index (κ3) is 2.04. The maximum Gasteiger partial charge on any atom is 0.235 e. The van der Waals surface area contributed by atoms with Gasteiger partial charge in [-0.25, -0.2) is 0 Å². The molecule has 22 heavy (non-hydrogen) atoms. The van der Waals surface area contributed by atoms with E-state index in [-0.39, 0.29) is 11.9 Å².